The van der Waals surface area contributed by atoms with Gasteiger partial charge in [0.25, 0.3) is 0 Å². The molecule has 0 unspecified atom stereocenters. The van der Waals surface area contributed by atoms with Crippen molar-refractivity contribution in [1.29, 1.82) is 5.26 Å². The average Bonchev–Trinajstić information content (AvgIpc) is 2.52. The Morgan fingerprint density at radius 2 is 2.50 bits per heavy atom. The molecule has 0 amide bonds. The van der Waals surface area contributed by atoms with Crippen molar-refractivity contribution in [3.63, 3.8) is 0 Å². The molecule has 12 heavy (non-hydrogen) atoms. The summed E-state index contributed by atoms with van der Waals surface area (Å²) in [4.78, 5) is 6.46. The molecule has 0 saturated carbocycles. The molecule has 0 saturated heterocycles. The second-order valence-electron chi connectivity index (χ2n) is 2.01. The molecule has 4 heteroatoms. The molecule has 0 aliphatic heterocycles. The number of nitriles is 1. The van der Waals surface area contributed by atoms with Gasteiger partial charge in [-0.15, -0.1) is 0 Å². The van der Waals surface area contributed by atoms with Crippen LogP contribution in [0.25, 0.3) is 0 Å². The highest BCUT2D eigenvalue weighted by Gasteiger charge is 1.98. The number of nitrogens with zero attached hydrogens (tertiary/aromatic N) is 2. The Bertz CT molecular complexity index is 350. The van der Waals surface area contributed by atoms with Crippen LogP contribution < -0.4 is 0 Å². The van der Waals surface area contributed by atoms with Gasteiger partial charge in [-0.25, -0.2) is 4.98 Å². The largest absolute Gasteiger partial charge is 0.395 e. The normalized spacial score (nSPS) is 8.33. The maximum atomic E-state index is 8.51. The molecule has 4 nitrogen and oxygen atoms in total. The van der Waals surface area contributed by atoms with Crippen molar-refractivity contribution in [2.45, 2.75) is 6.42 Å². The molecule has 0 bridgehead atoms. The van der Waals surface area contributed by atoms with Gasteiger partial charge >= 0.3 is 0 Å². The van der Waals surface area contributed by atoms with Crippen LogP contribution in [-0.4, -0.2) is 21.7 Å². The van der Waals surface area contributed by atoms with Gasteiger partial charge in [0.05, 0.1) is 12.9 Å². The second kappa shape index (κ2) is 4.17. The Hall–Kier alpha value is -1.78. The molecule has 0 atom stereocenters. The lowest BCUT2D eigenvalue weighted by Crippen LogP contribution is -1.81. The van der Waals surface area contributed by atoms with Gasteiger partial charge in [0, 0.05) is 6.42 Å². The van der Waals surface area contributed by atoms with Crippen LogP contribution in [0.2, 0.25) is 0 Å². The van der Waals surface area contributed by atoms with E-state index in [-0.39, 0.29) is 6.61 Å². The van der Waals surface area contributed by atoms with Crippen LogP contribution in [0.15, 0.2) is 6.33 Å². The molecule has 0 fully saturated rings. The van der Waals surface area contributed by atoms with E-state index < -0.39 is 0 Å². The van der Waals surface area contributed by atoms with Crippen molar-refractivity contribution >= 4 is 0 Å². The molecule has 0 aliphatic carbocycles. The summed E-state index contributed by atoms with van der Waals surface area (Å²) < 4.78 is 0. The number of hydrogen-bond donors (Lipinski definition) is 2. The smallest absolute Gasteiger partial charge is 0.174 e. The molecular formula is C8H7N3O. The van der Waals surface area contributed by atoms with Gasteiger partial charge in [-0.2, -0.15) is 5.26 Å². The van der Waals surface area contributed by atoms with Crippen LogP contribution in [0.3, 0.4) is 0 Å². The second-order valence-corrected chi connectivity index (χ2v) is 2.01. The number of rotatable bonds is 1. The molecule has 1 rings (SSSR count). The third-order valence-corrected chi connectivity index (χ3v) is 1.20. The highest BCUT2D eigenvalue weighted by Crippen LogP contribution is 1.97. The molecule has 0 aliphatic rings. The first kappa shape index (κ1) is 8.32. The quantitative estimate of drug-likeness (QED) is 0.570. The van der Waals surface area contributed by atoms with Crippen molar-refractivity contribution < 1.29 is 5.11 Å². The van der Waals surface area contributed by atoms with Crippen molar-refractivity contribution in [3.8, 4) is 17.9 Å². The Kier molecular flexibility index (Phi) is 2.89. The van der Waals surface area contributed by atoms with Gasteiger partial charge in [-0.1, -0.05) is 5.92 Å². The van der Waals surface area contributed by atoms with Crippen molar-refractivity contribution in [2.75, 3.05) is 6.61 Å². The third kappa shape index (κ3) is 1.85. The number of aromatic amines is 1. The molecular weight excluding hydrogens is 154 g/mol. The Morgan fingerprint density at radius 1 is 1.67 bits per heavy atom. The van der Waals surface area contributed by atoms with Crippen LogP contribution in [-0.2, 0) is 0 Å². The SMILES string of the molecule is N#Cc1nc[nH]c1C#CCCO. The molecule has 1 heterocycles. The average molecular weight is 161 g/mol. The van der Waals surface area contributed by atoms with Gasteiger partial charge in [-0.3, -0.25) is 0 Å². The third-order valence-electron chi connectivity index (χ3n) is 1.20. The standard InChI is InChI=1S/C8H7N3O/c9-5-8-7(10-6-11-8)3-1-2-4-12/h6,12H,2,4H2,(H,10,11). The number of hydrogen-bond acceptors (Lipinski definition) is 3. The molecule has 1 aromatic heterocycles. The van der Waals surface area contributed by atoms with E-state index >= 15 is 0 Å². The fourth-order valence-electron chi connectivity index (χ4n) is 0.681. The number of aromatic nitrogens is 2. The van der Waals surface area contributed by atoms with E-state index in [1.165, 1.54) is 6.33 Å². The summed E-state index contributed by atoms with van der Waals surface area (Å²) in [5, 5.41) is 16.9. The van der Waals surface area contributed by atoms with Crippen LogP contribution >= 0.6 is 0 Å². The van der Waals surface area contributed by atoms with Gasteiger partial charge in [0.15, 0.2) is 5.69 Å². The van der Waals surface area contributed by atoms with E-state index in [0.29, 0.717) is 17.8 Å². The zero-order chi connectivity index (χ0) is 8.81. The van der Waals surface area contributed by atoms with E-state index in [4.69, 9.17) is 10.4 Å². The summed E-state index contributed by atoms with van der Waals surface area (Å²) in [5.41, 5.74) is 0.798. The van der Waals surface area contributed by atoms with Gasteiger partial charge < -0.3 is 10.1 Å². The predicted octanol–water partition coefficient (Wildman–Crippen LogP) is 0.0153. The summed E-state index contributed by atoms with van der Waals surface area (Å²) in [6.07, 6.45) is 1.82. The van der Waals surface area contributed by atoms with Crippen LogP contribution in [0.5, 0.6) is 0 Å². The van der Waals surface area contributed by atoms with E-state index in [2.05, 4.69) is 21.8 Å². The first-order valence-corrected chi connectivity index (χ1v) is 3.41. The zero-order valence-electron chi connectivity index (χ0n) is 6.33. The van der Waals surface area contributed by atoms with E-state index in [1.807, 2.05) is 6.07 Å². The number of H-pyrrole nitrogens is 1. The summed E-state index contributed by atoms with van der Waals surface area (Å²) in [5.74, 6) is 5.38. The summed E-state index contributed by atoms with van der Waals surface area (Å²) in [6.45, 7) is 0.0308. The highest BCUT2D eigenvalue weighted by molar-refractivity contribution is 5.38. The summed E-state index contributed by atoms with van der Waals surface area (Å²) in [7, 11) is 0. The number of imidazole rings is 1. The minimum absolute atomic E-state index is 0.0308. The van der Waals surface area contributed by atoms with Gasteiger partial charge in [0.1, 0.15) is 11.8 Å². The predicted molar refractivity (Wildman–Crippen MR) is 41.9 cm³/mol. The highest BCUT2D eigenvalue weighted by atomic mass is 16.2. The van der Waals surface area contributed by atoms with Gasteiger partial charge in [-0.05, 0) is 5.92 Å². The van der Waals surface area contributed by atoms with Crippen molar-refractivity contribution in [3.05, 3.63) is 17.7 Å². The lowest BCUT2D eigenvalue weighted by molar-refractivity contribution is 0.305. The minimum Gasteiger partial charge on any atom is -0.395 e. The summed E-state index contributed by atoms with van der Waals surface area (Å²) >= 11 is 0. The van der Waals surface area contributed by atoms with Crippen molar-refractivity contribution in [1.82, 2.24) is 9.97 Å². The van der Waals surface area contributed by atoms with E-state index in [9.17, 15) is 0 Å². The first-order valence-electron chi connectivity index (χ1n) is 3.41. The fourth-order valence-corrected chi connectivity index (χ4v) is 0.681. The van der Waals surface area contributed by atoms with Crippen LogP contribution in [0.1, 0.15) is 17.8 Å². The Labute approximate surface area is 69.9 Å². The van der Waals surface area contributed by atoms with Gasteiger partial charge in [0.2, 0.25) is 0 Å². The topological polar surface area (TPSA) is 72.7 Å². The lowest BCUT2D eigenvalue weighted by atomic mass is 10.3. The van der Waals surface area contributed by atoms with Crippen LogP contribution in [0, 0.1) is 23.2 Å². The zero-order valence-corrected chi connectivity index (χ0v) is 6.33. The summed E-state index contributed by atoms with van der Waals surface area (Å²) in [6, 6.07) is 1.90. The Balaban J connectivity index is 2.78. The molecule has 0 spiro atoms. The molecule has 1 aromatic rings. The first-order chi connectivity index (χ1) is 5.88. The number of aliphatic hydroxyl groups is 1. The molecule has 2 N–H and O–H groups in total. The molecule has 0 aromatic carbocycles. The maximum Gasteiger partial charge on any atom is 0.174 e. The number of nitrogens with one attached hydrogen (secondary N) is 1. The van der Waals surface area contributed by atoms with Crippen molar-refractivity contribution in [2.24, 2.45) is 0 Å². The minimum atomic E-state index is 0.0308. The Morgan fingerprint density at radius 3 is 3.17 bits per heavy atom. The number of aliphatic hydroxyl groups excluding tert-OH is 1. The van der Waals surface area contributed by atoms with E-state index in [1.54, 1.807) is 0 Å². The van der Waals surface area contributed by atoms with E-state index in [0.717, 1.165) is 0 Å². The monoisotopic (exact) mass is 161 g/mol. The van der Waals surface area contributed by atoms with Crippen LogP contribution in [0.4, 0.5) is 0 Å². The lowest BCUT2D eigenvalue weighted by Gasteiger charge is -1.81. The molecule has 0 radical (unpaired) electrons. The maximum absolute atomic E-state index is 8.51. The molecule has 60 valence electrons. The fraction of sp³-hybridized carbons (Fsp3) is 0.250.